The van der Waals surface area contributed by atoms with Crippen LogP contribution in [0.15, 0.2) is 0 Å². The van der Waals surface area contributed by atoms with Crippen LogP contribution in [-0.2, 0) is 14.3 Å². The quantitative estimate of drug-likeness (QED) is 0.242. The van der Waals surface area contributed by atoms with Crippen LogP contribution in [0.2, 0.25) is 0 Å². The van der Waals surface area contributed by atoms with Gasteiger partial charge >= 0.3 is 11.9 Å². The standard InChI is InChI=1S/C13H24O8/c1-2-3-4-5-6-7-21-13(20)11(17)9(15)8(14)10(16)12(18)19/h8-11,14-17H,2-7H2,1H3,(H,18,19). The Morgan fingerprint density at radius 1 is 0.905 bits per heavy atom. The van der Waals surface area contributed by atoms with Crippen LogP contribution in [-0.4, -0.2) is 68.5 Å². The second kappa shape index (κ2) is 10.5. The first-order valence-electron chi connectivity index (χ1n) is 6.94. The Morgan fingerprint density at radius 3 is 1.95 bits per heavy atom. The van der Waals surface area contributed by atoms with Crippen LogP contribution in [0.25, 0.3) is 0 Å². The Labute approximate surface area is 123 Å². The van der Waals surface area contributed by atoms with Gasteiger partial charge in [0.25, 0.3) is 0 Å². The van der Waals surface area contributed by atoms with E-state index in [1.165, 1.54) is 0 Å². The van der Waals surface area contributed by atoms with Crippen molar-refractivity contribution in [3.63, 3.8) is 0 Å². The van der Waals surface area contributed by atoms with Crippen LogP contribution < -0.4 is 0 Å². The van der Waals surface area contributed by atoms with Gasteiger partial charge in [-0.05, 0) is 6.42 Å². The number of ether oxygens (including phenoxy) is 1. The third-order valence-corrected chi connectivity index (χ3v) is 2.98. The van der Waals surface area contributed by atoms with Crippen molar-refractivity contribution in [3.8, 4) is 0 Å². The monoisotopic (exact) mass is 308 g/mol. The van der Waals surface area contributed by atoms with E-state index >= 15 is 0 Å². The number of hydrogen-bond acceptors (Lipinski definition) is 7. The molecule has 0 radical (unpaired) electrons. The molecule has 0 aliphatic carbocycles. The zero-order valence-electron chi connectivity index (χ0n) is 12.0. The molecule has 4 atom stereocenters. The molecule has 0 rings (SSSR count). The summed E-state index contributed by atoms with van der Waals surface area (Å²) in [4.78, 5) is 21.8. The fraction of sp³-hybridized carbons (Fsp3) is 0.846. The van der Waals surface area contributed by atoms with Gasteiger partial charge in [0, 0.05) is 0 Å². The number of esters is 1. The SMILES string of the molecule is CCCCCCCOC(=O)C(O)C(O)C(O)C(O)C(=O)O. The Balaban J connectivity index is 4.10. The first kappa shape index (κ1) is 19.8. The molecule has 0 heterocycles. The van der Waals surface area contributed by atoms with Crippen LogP contribution in [0.3, 0.4) is 0 Å². The van der Waals surface area contributed by atoms with Gasteiger partial charge in [-0.1, -0.05) is 32.6 Å². The summed E-state index contributed by atoms with van der Waals surface area (Å²) >= 11 is 0. The molecule has 8 nitrogen and oxygen atoms in total. The van der Waals surface area contributed by atoms with Crippen LogP contribution in [0.4, 0.5) is 0 Å². The second-order valence-corrected chi connectivity index (χ2v) is 4.79. The molecule has 0 aromatic carbocycles. The predicted molar refractivity (Wildman–Crippen MR) is 71.4 cm³/mol. The molecular formula is C13H24O8. The fourth-order valence-electron chi connectivity index (χ4n) is 1.62. The van der Waals surface area contributed by atoms with Gasteiger partial charge < -0.3 is 30.3 Å². The molecule has 0 saturated heterocycles. The van der Waals surface area contributed by atoms with Crippen LogP contribution in [0, 0.1) is 0 Å². The van der Waals surface area contributed by atoms with Crippen molar-refractivity contribution in [2.24, 2.45) is 0 Å². The summed E-state index contributed by atoms with van der Waals surface area (Å²) in [6, 6.07) is 0. The molecule has 21 heavy (non-hydrogen) atoms. The van der Waals surface area contributed by atoms with Crippen molar-refractivity contribution in [1.82, 2.24) is 0 Å². The van der Waals surface area contributed by atoms with Gasteiger partial charge in [-0.25, -0.2) is 9.59 Å². The van der Waals surface area contributed by atoms with Gasteiger partial charge in [0.05, 0.1) is 6.61 Å². The third kappa shape index (κ3) is 7.37. The number of carbonyl (C=O) groups is 2. The average molecular weight is 308 g/mol. The molecule has 0 bridgehead atoms. The predicted octanol–water partition coefficient (Wildman–Crippen LogP) is -0.972. The summed E-state index contributed by atoms with van der Waals surface area (Å²) in [5.41, 5.74) is 0. The molecule has 0 aromatic rings. The van der Waals surface area contributed by atoms with Crippen molar-refractivity contribution < 1.29 is 39.9 Å². The Bertz CT molecular complexity index is 319. The van der Waals surface area contributed by atoms with Gasteiger partial charge in [-0.3, -0.25) is 0 Å². The van der Waals surface area contributed by atoms with E-state index in [2.05, 4.69) is 6.92 Å². The number of aliphatic carboxylic acids is 1. The number of rotatable bonds is 11. The van der Waals surface area contributed by atoms with Crippen molar-refractivity contribution in [1.29, 1.82) is 0 Å². The zero-order chi connectivity index (χ0) is 16.4. The molecule has 0 amide bonds. The lowest BCUT2D eigenvalue weighted by Crippen LogP contribution is -2.50. The Morgan fingerprint density at radius 2 is 1.43 bits per heavy atom. The smallest absolute Gasteiger partial charge is 0.337 e. The van der Waals surface area contributed by atoms with Crippen molar-refractivity contribution in [2.75, 3.05) is 6.61 Å². The molecule has 0 fully saturated rings. The molecule has 0 saturated carbocycles. The van der Waals surface area contributed by atoms with Gasteiger partial charge in [0.15, 0.2) is 12.2 Å². The average Bonchev–Trinajstić information content (AvgIpc) is 2.47. The van der Waals surface area contributed by atoms with E-state index in [4.69, 9.17) is 14.9 Å². The van der Waals surface area contributed by atoms with Crippen LogP contribution in [0.1, 0.15) is 39.0 Å². The maximum Gasteiger partial charge on any atom is 0.337 e. The van der Waals surface area contributed by atoms with E-state index < -0.39 is 36.4 Å². The van der Waals surface area contributed by atoms with E-state index in [1.54, 1.807) is 0 Å². The number of carboxylic acid groups (broad SMARTS) is 1. The molecule has 0 aliphatic rings. The highest BCUT2D eigenvalue weighted by Gasteiger charge is 2.38. The van der Waals surface area contributed by atoms with E-state index in [0.717, 1.165) is 25.7 Å². The molecule has 0 aromatic heterocycles. The summed E-state index contributed by atoms with van der Waals surface area (Å²) in [6.45, 7) is 2.12. The first-order chi connectivity index (χ1) is 9.82. The number of aliphatic hydroxyl groups excluding tert-OH is 4. The Hall–Kier alpha value is -1.22. The van der Waals surface area contributed by atoms with Gasteiger partial charge in [-0.2, -0.15) is 0 Å². The molecule has 5 N–H and O–H groups in total. The second-order valence-electron chi connectivity index (χ2n) is 4.79. The number of carboxylic acids is 1. The summed E-state index contributed by atoms with van der Waals surface area (Å²) in [5, 5.41) is 45.6. The van der Waals surface area contributed by atoms with Crippen LogP contribution in [0.5, 0.6) is 0 Å². The summed E-state index contributed by atoms with van der Waals surface area (Å²) in [5.74, 6) is -2.95. The lowest BCUT2D eigenvalue weighted by Gasteiger charge is -2.23. The largest absolute Gasteiger partial charge is 0.479 e. The van der Waals surface area contributed by atoms with E-state index in [9.17, 15) is 24.9 Å². The topological polar surface area (TPSA) is 145 Å². The van der Waals surface area contributed by atoms with E-state index in [1.807, 2.05) is 0 Å². The minimum absolute atomic E-state index is 0.0594. The van der Waals surface area contributed by atoms with Gasteiger partial charge in [-0.15, -0.1) is 0 Å². The maximum absolute atomic E-state index is 11.4. The minimum Gasteiger partial charge on any atom is -0.479 e. The molecular weight excluding hydrogens is 284 g/mol. The van der Waals surface area contributed by atoms with Crippen molar-refractivity contribution in [2.45, 2.75) is 63.4 Å². The third-order valence-electron chi connectivity index (χ3n) is 2.98. The summed E-state index contributed by atoms with van der Waals surface area (Å²) in [6.07, 6.45) is -4.15. The first-order valence-corrected chi connectivity index (χ1v) is 6.94. The number of unbranched alkanes of at least 4 members (excludes halogenated alkanes) is 4. The minimum atomic E-state index is -2.31. The Kier molecular flexibility index (Phi) is 9.89. The zero-order valence-corrected chi connectivity index (χ0v) is 12.0. The van der Waals surface area contributed by atoms with E-state index in [-0.39, 0.29) is 6.61 Å². The highest BCUT2D eigenvalue weighted by atomic mass is 16.5. The highest BCUT2D eigenvalue weighted by Crippen LogP contribution is 2.08. The number of aliphatic hydroxyl groups is 4. The summed E-state index contributed by atoms with van der Waals surface area (Å²) < 4.78 is 4.71. The summed E-state index contributed by atoms with van der Waals surface area (Å²) in [7, 11) is 0. The normalized spacial score (nSPS) is 16.8. The molecule has 8 heteroatoms. The lowest BCUT2D eigenvalue weighted by atomic mass is 10.0. The number of carbonyl (C=O) groups excluding carboxylic acids is 1. The molecule has 0 spiro atoms. The maximum atomic E-state index is 11.4. The van der Waals surface area contributed by atoms with E-state index in [0.29, 0.717) is 6.42 Å². The lowest BCUT2D eigenvalue weighted by molar-refractivity contribution is -0.176. The molecule has 124 valence electrons. The van der Waals surface area contributed by atoms with Crippen molar-refractivity contribution in [3.05, 3.63) is 0 Å². The molecule has 4 unspecified atom stereocenters. The van der Waals surface area contributed by atoms with Crippen molar-refractivity contribution >= 4 is 11.9 Å². The van der Waals surface area contributed by atoms with Gasteiger partial charge in [0.1, 0.15) is 12.2 Å². The fourth-order valence-corrected chi connectivity index (χ4v) is 1.62. The van der Waals surface area contributed by atoms with Crippen LogP contribution >= 0.6 is 0 Å². The highest BCUT2D eigenvalue weighted by molar-refractivity contribution is 5.76. The number of hydrogen-bond donors (Lipinski definition) is 5. The molecule has 0 aliphatic heterocycles. The van der Waals surface area contributed by atoms with Gasteiger partial charge in [0.2, 0.25) is 0 Å².